The fourth-order valence-corrected chi connectivity index (χ4v) is 4.62. The van der Waals surface area contributed by atoms with Gasteiger partial charge in [-0.25, -0.2) is 17.1 Å². The van der Waals surface area contributed by atoms with Crippen LogP contribution in [0.15, 0.2) is 18.2 Å². The first-order valence-electron chi connectivity index (χ1n) is 10.3. The molecule has 188 valence electrons. The quantitative estimate of drug-likeness (QED) is 0.497. The number of hydrogen-bond donors (Lipinski definition) is 2. The van der Waals surface area contributed by atoms with E-state index in [0.717, 1.165) is 6.07 Å². The minimum absolute atomic E-state index is 0.0620. The molecular weight excluding hydrogens is 504 g/mol. The fourth-order valence-electron chi connectivity index (χ4n) is 3.13. The summed E-state index contributed by atoms with van der Waals surface area (Å²) in [4.78, 5) is 11.8. The molecule has 0 spiro atoms. The maximum absolute atomic E-state index is 13.4. The zero-order chi connectivity index (χ0) is 25.1. The van der Waals surface area contributed by atoms with Crippen LogP contribution in [0.3, 0.4) is 0 Å². The van der Waals surface area contributed by atoms with Gasteiger partial charge in [-0.3, -0.25) is 0 Å². The molecule has 0 atom stereocenters. The number of ether oxygens (including phenoxy) is 1. The zero-order valence-electron chi connectivity index (χ0n) is 18.2. The van der Waals surface area contributed by atoms with E-state index in [4.69, 9.17) is 11.6 Å². The third-order valence-electron chi connectivity index (χ3n) is 4.90. The number of benzene rings is 1. The molecule has 2 aromatic rings. The Morgan fingerprint density at radius 3 is 2.41 bits per heavy atom. The van der Waals surface area contributed by atoms with Crippen molar-refractivity contribution in [2.45, 2.75) is 44.2 Å². The number of nitrogens with zero attached hydrogens (tertiary/aromatic N) is 4. The van der Waals surface area contributed by atoms with Gasteiger partial charge in [0.05, 0.1) is 10.3 Å². The second kappa shape index (κ2) is 10.4. The highest BCUT2D eigenvalue weighted by Gasteiger charge is 2.31. The van der Waals surface area contributed by atoms with Crippen LogP contribution in [-0.2, 0) is 10.0 Å². The number of alkyl halides is 3. The van der Waals surface area contributed by atoms with Crippen molar-refractivity contribution >= 4 is 39.2 Å². The van der Waals surface area contributed by atoms with Crippen molar-refractivity contribution in [2.24, 2.45) is 0 Å². The summed E-state index contributed by atoms with van der Waals surface area (Å²) < 4.78 is 82.0. The lowest BCUT2D eigenvalue weighted by molar-refractivity contribution is -0.154. The number of piperidine rings is 1. The highest BCUT2D eigenvalue weighted by Crippen LogP contribution is 2.25. The van der Waals surface area contributed by atoms with Crippen molar-refractivity contribution < 1.29 is 30.7 Å². The van der Waals surface area contributed by atoms with E-state index in [1.54, 1.807) is 13.8 Å². The van der Waals surface area contributed by atoms with Gasteiger partial charge < -0.3 is 15.4 Å². The van der Waals surface area contributed by atoms with Crippen molar-refractivity contribution in [1.29, 1.82) is 0 Å². The number of halogens is 5. The van der Waals surface area contributed by atoms with Crippen LogP contribution in [0.1, 0.15) is 26.7 Å². The Balaban J connectivity index is 1.76. The van der Waals surface area contributed by atoms with E-state index in [2.05, 4.69) is 30.3 Å². The number of anilines is 3. The van der Waals surface area contributed by atoms with Gasteiger partial charge in [0.1, 0.15) is 5.82 Å². The Hall–Kier alpha value is -2.45. The van der Waals surface area contributed by atoms with E-state index < -0.39 is 39.9 Å². The van der Waals surface area contributed by atoms with Gasteiger partial charge in [-0.1, -0.05) is 11.6 Å². The molecule has 1 fully saturated rings. The van der Waals surface area contributed by atoms with Crippen LogP contribution in [0.2, 0.25) is 5.02 Å². The molecule has 0 bridgehead atoms. The molecule has 34 heavy (non-hydrogen) atoms. The molecule has 15 heteroatoms. The van der Waals surface area contributed by atoms with E-state index in [1.807, 2.05) is 0 Å². The van der Waals surface area contributed by atoms with Gasteiger partial charge in [0.25, 0.3) is 0 Å². The Morgan fingerprint density at radius 1 is 1.18 bits per heavy atom. The molecule has 1 aromatic carbocycles. The van der Waals surface area contributed by atoms with Gasteiger partial charge in [0.2, 0.25) is 21.9 Å². The number of sulfonamides is 1. The average Bonchev–Trinajstić information content (AvgIpc) is 2.74. The lowest BCUT2D eigenvalue weighted by atomic mass is 10.1. The van der Waals surface area contributed by atoms with E-state index in [1.165, 1.54) is 16.4 Å². The van der Waals surface area contributed by atoms with Crippen LogP contribution in [-0.4, -0.2) is 64.8 Å². The van der Waals surface area contributed by atoms with Gasteiger partial charge in [-0.2, -0.15) is 28.1 Å². The minimum atomic E-state index is -4.60. The molecule has 9 nitrogen and oxygen atoms in total. The van der Waals surface area contributed by atoms with Gasteiger partial charge in [0.15, 0.2) is 6.61 Å². The monoisotopic (exact) mass is 526 g/mol. The summed E-state index contributed by atoms with van der Waals surface area (Å²) in [5.41, 5.74) is 0.289. The van der Waals surface area contributed by atoms with Crippen molar-refractivity contribution in [3.05, 3.63) is 29.0 Å². The molecule has 1 aliphatic heterocycles. The highest BCUT2D eigenvalue weighted by atomic mass is 35.5. The Morgan fingerprint density at radius 2 is 1.82 bits per heavy atom. The third kappa shape index (κ3) is 7.03. The number of nitrogens with one attached hydrogen (secondary N) is 2. The maximum atomic E-state index is 13.4. The van der Waals surface area contributed by atoms with Crippen LogP contribution in [0.4, 0.5) is 35.1 Å². The van der Waals surface area contributed by atoms with Crippen molar-refractivity contribution in [3.63, 3.8) is 0 Å². The molecular formula is C19H23ClF4N6O3S. The summed E-state index contributed by atoms with van der Waals surface area (Å²) in [6.45, 7) is 2.16. The predicted octanol–water partition coefficient (Wildman–Crippen LogP) is 3.96. The van der Waals surface area contributed by atoms with Crippen molar-refractivity contribution in [3.8, 4) is 6.01 Å². The Bertz CT molecular complexity index is 1110. The highest BCUT2D eigenvalue weighted by molar-refractivity contribution is 7.89. The molecule has 1 aromatic heterocycles. The smallest absolute Gasteiger partial charge is 0.422 e. The second-order valence-corrected chi connectivity index (χ2v) is 10.7. The summed E-state index contributed by atoms with van der Waals surface area (Å²) in [6, 6.07) is 2.90. The molecule has 2 heterocycles. The molecule has 2 N–H and O–H groups in total. The fraction of sp³-hybridized carbons (Fsp3) is 0.526. The zero-order valence-corrected chi connectivity index (χ0v) is 19.8. The van der Waals surface area contributed by atoms with E-state index in [-0.39, 0.29) is 41.7 Å². The van der Waals surface area contributed by atoms with Gasteiger partial charge in [-0.05, 0) is 44.9 Å². The molecule has 1 aliphatic rings. The first-order valence-corrected chi connectivity index (χ1v) is 12.1. The first kappa shape index (κ1) is 26.2. The van der Waals surface area contributed by atoms with Crippen molar-refractivity contribution in [1.82, 2.24) is 19.3 Å². The number of rotatable bonds is 8. The lowest BCUT2D eigenvalue weighted by Gasteiger charge is -2.32. The van der Waals surface area contributed by atoms with Crippen LogP contribution in [0.5, 0.6) is 6.01 Å². The molecule has 0 radical (unpaired) electrons. The Labute approximate surface area is 198 Å². The summed E-state index contributed by atoms with van der Waals surface area (Å²) in [5, 5.41) is 5.01. The molecule has 0 unspecified atom stereocenters. The molecule has 0 amide bonds. The molecule has 0 aliphatic carbocycles. The van der Waals surface area contributed by atoms with E-state index in [0.29, 0.717) is 12.8 Å². The maximum Gasteiger partial charge on any atom is 0.422 e. The van der Waals surface area contributed by atoms with Crippen LogP contribution >= 0.6 is 11.6 Å². The van der Waals surface area contributed by atoms with Gasteiger partial charge >= 0.3 is 12.2 Å². The summed E-state index contributed by atoms with van der Waals surface area (Å²) in [6.07, 6.45) is -3.73. The van der Waals surface area contributed by atoms with Crippen LogP contribution in [0, 0.1) is 5.82 Å². The largest absolute Gasteiger partial charge is 0.454 e. The molecule has 0 saturated carbocycles. The molecule has 1 saturated heterocycles. The van der Waals surface area contributed by atoms with E-state index in [9.17, 15) is 26.0 Å². The standard InChI is InChI=1S/C19H23ClF4N6O3S/c1-11(2)34(31,32)30-7-5-12(6-8-30)25-16-27-17(26-13-3-4-15(21)14(20)9-13)29-18(28-16)33-10-19(22,23)24/h3-4,9,11-12H,5-8,10H2,1-2H3,(H2,25,26,27,28,29). The first-order chi connectivity index (χ1) is 15.8. The van der Waals surface area contributed by atoms with Crippen LogP contribution in [0.25, 0.3) is 0 Å². The SMILES string of the molecule is CC(C)S(=O)(=O)N1CCC(Nc2nc(Nc3ccc(F)c(Cl)c3)nc(OCC(F)(F)F)n2)CC1. The number of aromatic nitrogens is 3. The van der Waals surface area contributed by atoms with E-state index >= 15 is 0 Å². The number of hydrogen-bond acceptors (Lipinski definition) is 8. The lowest BCUT2D eigenvalue weighted by Crippen LogP contribution is -2.45. The third-order valence-corrected chi connectivity index (χ3v) is 7.46. The van der Waals surface area contributed by atoms with Crippen LogP contribution < -0.4 is 15.4 Å². The van der Waals surface area contributed by atoms with Gasteiger partial charge in [0, 0.05) is 24.8 Å². The Kier molecular flexibility index (Phi) is 8.03. The average molecular weight is 527 g/mol. The summed E-state index contributed by atoms with van der Waals surface area (Å²) in [7, 11) is -3.38. The van der Waals surface area contributed by atoms with Gasteiger partial charge in [-0.15, -0.1) is 0 Å². The normalized spacial score (nSPS) is 16.0. The summed E-state index contributed by atoms with van der Waals surface area (Å²) >= 11 is 5.76. The summed E-state index contributed by atoms with van der Waals surface area (Å²) in [5.74, 6) is -0.865. The predicted molar refractivity (Wildman–Crippen MR) is 118 cm³/mol. The van der Waals surface area contributed by atoms with Crippen molar-refractivity contribution in [2.75, 3.05) is 30.3 Å². The molecule has 3 rings (SSSR count). The minimum Gasteiger partial charge on any atom is -0.454 e. The second-order valence-electron chi connectivity index (χ2n) is 7.83. The topological polar surface area (TPSA) is 109 Å².